The van der Waals surface area contributed by atoms with Crippen LogP contribution in [0.2, 0.25) is 5.02 Å². The van der Waals surface area contributed by atoms with Crippen LogP contribution in [0.15, 0.2) is 30.4 Å². The van der Waals surface area contributed by atoms with E-state index in [-0.39, 0.29) is 46.1 Å². The van der Waals surface area contributed by atoms with Crippen molar-refractivity contribution in [2.24, 2.45) is 35.5 Å². The van der Waals surface area contributed by atoms with Crippen LogP contribution in [-0.2, 0) is 9.59 Å². The third-order valence-corrected chi connectivity index (χ3v) is 6.43. The summed E-state index contributed by atoms with van der Waals surface area (Å²) in [5.74, 6) is -0.783. The maximum absolute atomic E-state index is 13.0. The Hall–Kier alpha value is -2.14. The largest absolute Gasteiger partial charge is 0.478 e. The van der Waals surface area contributed by atoms with Gasteiger partial charge in [0.1, 0.15) is 0 Å². The van der Waals surface area contributed by atoms with Gasteiger partial charge < -0.3 is 5.11 Å². The van der Waals surface area contributed by atoms with Crippen LogP contribution in [-0.4, -0.2) is 22.9 Å². The maximum Gasteiger partial charge on any atom is 0.337 e. The molecule has 1 aliphatic heterocycles. The van der Waals surface area contributed by atoms with E-state index in [9.17, 15) is 19.5 Å². The van der Waals surface area contributed by atoms with Crippen LogP contribution in [0.4, 0.5) is 5.69 Å². The number of hydrogen-bond acceptors (Lipinski definition) is 3. The van der Waals surface area contributed by atoms with Gasteiger partial charge in [-0.15, -0.1) is 0 Å². The van der Waals surface area contributed by atoms with E-state index in [0.717, 1.165) is 6.42 Å². The molecule has 1 aromatic rings. The third-order valence-electron chi connectivity index (χ3n) is 6.10. The molecule has 2 bridgehead atoms. The van der Waals surface area contributed by atoms with E-state index in [1.165, 1.54) is 23.1 Å². The number of carbonyl (C=O) groups excluding carboxylic acids is 2. The van der Waals surface area contributed by atoms with Gasteiger partial charge in [-0.3, -0.25) is 9.59 Å². The second-order valence-corrected chi connectivity index (χ2v) is 7.54. The van der Waals surface area contributed by atoms with Gasteiger partial charge in [0.25, 0.3) is 0 Å². The van der Waals surface area contributed by atoms with Gasteiger partial charge in [0.2, 0.25) is 11.8 Å². The Morgan fingerprint density at radius 1 is 1.08 bits per heavy atom. The number of hydrogen-bond donors (Lipinski definition) is 1. The average molecular weight is 344 g/mol. The van der Waals surface area contributed by atoms with Crippen molar-refractivity contribution in [2.75, 3.05) is 4.90 Å². The molecule has 5 aliphatic rings. The van der Waals surface area contributed by atoms with E-state index in [4.69, 9.17) is 11.6 Å². The molecule has 5 nitrogen and oxygen atoms in total. The average Bonchev–Trinajstić information content (AvgIpc) is 3.33. The molecule has 0 spiro atoms. The summed E-state index contributed by atoms with van der Waals surface area (Å²) in [5.41, 5.74) is 0.197. The zero-order valence-electron chi connectivity index (χ0n) is 12.6. The topological polar surface area (TPSA) is 74.7 Å². The lowest BCUT2D eigenvalue weighted by Gasteiger charge is -2.37. The number of rotatable bonds is 2. The minimum Gasteiger partial charge on any atom is -0.478 e. The van der Waals surface area contributed by atoms with Crippen molar-refractivity contribution in [3.05, 3.63) is 40.9 Å². The summed E-state index contributed by atoms with van der Waals surface area (Å²) in [5, 5.41) is 9.31. The molecule has 2 amide bonds. The van der Waals surface area contributed by atoms with Gasteiger partial charge in [-0.1, -0.05) is 23.8 Å². The fourth-order valence-electron chi connectivity index (χ4n) is 5.03. The second kappa shape index (κ2) is 4.48. The number of nitrogens with zero attached hydrogens (tertiary/aromatic N) is 1. The highest BCUT2D eigenvalue weighted by molar-refractivity contribution is 6.34. The van der Waals surface area contributed by atoms with Crippen molar-refractivity contribution >= 4 is 35.1 Å². The third kappa shape index (κ3) is 1.63. The SMILES string of the molecule is O=C(O)c1cc(N2C(=O)[C@@H]3[C@@H]4C=C[C@H]([C@@H]5C[C@H]45)[C@H]3C2=O)ccc1Cl. The number of aromatic carboxylic acids is 1. The maximum atomic E-state index is 13.0. The molecule has 3 fully saturated rings. The fourth-order valence-corrected chi connectivity index (χ4v) is 5.23. The van der Waals surface area contributed by atoms with Gasteiger partial charge in [0.05, 0.1) is 28.1 Å². The first kappa shape index (κ1) is 14.2. The fraction of sp³-hybridized carbons (Fsp3) is 0.389. The number of carboxylic acids is 1. The Kier molecular flexibility index (Phi) is 2.65. The first-order valence-electron chi connectivity index (χ1n) is 8.08. The standard InChI is InChI=1S/C18H14ClNO4/c19-13-4-1-7(5-12(13)18(23)24)20-16(21)14-8-2-3-9(11-6-10(8)11)15(14)17(20)22/h1-5,8-11,14-15H,6H2,(H,23,24)/t8-,9-,10-,11+,14-,15-/m1/s1. The summed E-state index contributed by atoms with van der Waals surface area (Å²) in [6, 6.07) is 4.28. The van der Waals surface area contributed by atoms with Crippen molar-refractivity contribution in [1.82, 2.24) is 0 Å². The highest BCUT2D eigenvalue weighted by Crippen LogP contribution is 2.65. The van der Waals surface area contributed by atoms with E-state index in [0.29, 0.717) is 17.5 Å². The van der Waals surface area contributed by atoms with Crippen LogP contribution >= 0.6 is 11.6 Å². The first-order valence-corrected chi connectivity index (χ1v) is 8.46. The number of imide groups is 1. The number of anilines is 1. The van der Waals surface area contributed by atoms with Gasteiger partial charge in [0, 0.05) is 0 Å². The Morgan fingerprint density at radius 2 is 1.67 bits per heavy atom. The van der Waals surface area contributed by atoms with Crippen LogP contribution < -0.4 is 4.90 Å². The molecular formula is C18H14ClNO4. The monoisotopic (exact) mass is 343 g/mol. The molecule has 0 unspecified atom stereocenters. The summed E-state index contributed by atoms with van der Waals surface area (Å²) >= 11 is 5.89. The Morgan fingerprint density at radius 3 is 2.21 bits per heavy atom. The number of carboxylic acid groups (broad SMARTS) is 1. The quantitative estimate of drug-likeness (QED) is 0.661. The lowest BCUT2D eigenvalue weighted by atomic mass is 9.63. The Bertz CT molecular complexity index is 811. The summed E-state index contributed by atoms with van der Waals surface area (Å²) < 4.78 is 0. The Labute approximate surface area is 142 Å². The zero-order valence-corrected chi connectivity index (χ0v) is 13.3. The summed E-state index contributed by atoms with van der Waals surface area (Å²) in [7, 11) is 0. The van der Waals surface area contributed by atoms with Crippen LogP contribution in [0, 0.1) is 35.5 Å². The molecule has 6 heteroatoms. The molecule has 0 radical (unpaired) electrons. The second-order valence-electron chi connectivity index (χ2n) is 7.14. The molecule has 1 aromatic carbocycles. The van der Waals surface area contributed by atoms with Crippen molar-refractivity contribution in [3.63, 3.8) is 0 Å². The van der Waals surface area contributed by atoms with Crippen LogP contribution in [0.5, 0.6) is 0 Å². The predicted molar refractivity (Wildman–Crippen MR) is 85.6 cm³/mol. The Balaban J connectivity index is 1.57. The number of amides is 2. The lowest BCUT2D eigenvalue weighted by Crippen LogP contribution is -2.40. The van der Waals surface area contributed by atoms with Crippen LogP contribution in [0.25, 0.3) is 0 Å². The molecular weight excluding hydrogens is 330 g/mol. The van der Waals surface area contributed by atoms with E-state index in [1.54, 1.807) is 0 Å². The van der Waals surface area contributed by atoms with Gasteiger partial charge in [-0.05, 0) is 48.3 Å². The molecule has 0 aromatic heterocycles. The van der Waals surface area contributed by atoms with Crippen molar-refractivity contribution < 1.29 is 19.5 Å². The van der Waals surface area contributed by atoms with Gasteiger partial charge in [0.15, 0.2) is 0 Å². The molecule has 4 aliphatic carbocycles. The minimum absolute atomic E-state index is 0.0886. The molecule has 6 atom stereocenters. The molecule has 1 heterocycles. The van der Waals surface area contributed by atoms with Gasteiger partial charge in [-0.25, -0.2) is 9.69 Å². The van der Waals surface area contributed by atoms with Gasteiger partial charge >= 0.3 is 5.97 Å². The van der Waals surface area contributed by atoms with Crippen molar-refractivity contribution in [2.45, 2.75) is 6.42 Å². The molecule has 1 saturated heterocycles. The van der Waals surface area contributed by atoms with Gasteiger partial charge in [-0.2, -0.15) is 0 Å². The number of halogens is 1. The molecule has 1 N–H and O–H groups in total. The first-order chi connectivity index (χ1) is 11.5. The molecule has 122 valence electrons. The summed E-state index contributed by atoms with van der Waals surface area (Å²) in [6.45, 7) is 0. The molecule has 24 heavy (non-hydrogen) atoms. The van der Waals surface area contributed by atoms with Crippen molar-refractivity contribution in [3.8, 4) is 0 Å². The highest BCUT2D eigenvalue weighted by Gasteiger charge is 2.67. The van der Waals surface area contributed by atoms with Crippen LogP contribution in [0.1, 0.15) is 16.8 Å². The van der Waals surface area contributed by atoms with E-state index >= 15 is 0 Å². The van der Waals surface area contributed by atoms with E-state index in [1.807, 2.05) is 0 Å². The number of allylic oxidation sites excluding steroid dienone is 2. The summed E-state index contributed by atoms with van der Waals surface area (Å²) in [4.78, 5) is 38.4. The van der Waals surface area contributed by atoms with Crippen LogP contribution in [0.3, 0.4) is 0 Å². The molecule has 6 rings (SSSR count). The van der Waals surface area contributed by atoms with E-state index in [2.05, 4.69) is 12.2 Å². The number of carbonyl (C=O) groups is 3. The van der Waals surface area contributed by atoms with Crippen molar-refractivity contribution in [1.29, 1.82) is 0 Å². The van der Waals surface area contributed by atoms with E-state index < -0.39 is 5.97 Å². The predicted octanol–water partition coefficient (Wildman–Crippen LogP) is 2.60. The number of benzene rings is 1. The smallest absolute Gasteiger partial charge is 0.337 e. The highest BCUT2D eigenvalue weighted by atomic mass is 35.5. The normalized spacial score (nSPS) is 38.3. The summed E-state index contributed by atoms with van der Waals surface area (Å²) in [6.07, 6.45) is 5.33. The lowest BCUT2D eigenvalue weighted by molar-refractivity contribution is -0.124. The molecule has 2 saturated carbocycles. The zero-order chi connectivity index (χ0) is 16.7. The minimum atomic E-state index is -1.18.